The highest BCUT2D eigenvalue weighted by atomic mass is 16.5. The number of nitrogens with zero attached hydrogens (tertiary/aromatic N) is 1. The molecule has 0 bridgehead atoms. The third kappa shape index (κ3) is 4.33. The summed E-state index contributed by atoms with van der Waals surface area (Å²) in [5, 5.41) is 0. The van der Waals surface area contributed by atoms with Crippen LogP contribution in [0.4, 0.5) is 0 Å². The van der Waals surface area contributed by atoms with Crippen molar-refractivity contribution in [2.24, 2.45) is 0 Å². The van der Waals surface area contributed by atoms with Gasteiger partial charge in [-0.2, -0.15) is 0 Å². The third-order valence-electron chi connectivity index (χ3n) is 5.32. The van der Waals surface area contributed by atoms with E-state index in [1.54, 1.807) is 12.1 Å². The predicted octanol–water partition coefficient (Wildman–Crippen LogP) is 3.86. The average molecular weight is 389 g/mol. The molecule has 154 valence electrons. The molecule has 0 saturated heterocycles. The molecule has 6 nitrogen and oxygen atoms in total. The normalized spacial score (nSPS) is 15.6. The molecule has 1 aliphatic rings. The van der Waals surface area contributed by atoms with Gasteiger partial charge in [-0.1, -0.05) is 25.2 Å². The minimum absolute atomic E-state index is 0.252. The third-order valence-corrected chi connectivity index (χ3v) is 5.32. The van der Waals surface area contributed by atoms with Crippen molar-refractivity contribution in [2.45, 2.75) is 31.7 Å². The van der Waals surface area contributed by atoms with Gasteiger partial charge in [-0.15, -0.1) is 0 Å². The van der Waals surface area contributed by atoms with Crippen LogP contribution < -0.4 is 14.2 Å². The van der Waals surface area contributed by atoms with Crippen molar-refractivity contribution < 1.29 is 23.7 Å². The topological polar surface area (TPSA) is 57.2 Å². The second kappa shape index (κ2) is 9.64. The first-order chi connectivity index (χ1) is 13.4. The number of benzene rings is 1. The van der Waals surface area contributed by atoms with E-state index in [2.05, 4.69) is 30.1 Å². The quantitative estimate of drug-likeness (QED) is 0.598. The van der Waals surface area contributed by atoms with Crippen molar-refractivity contribution in [1.29, 1.82) is 0 Å². The van der Waals surface area contributed by atoms with Crippen LogP contribution in [0, 0.1) is 0 Å². The van der Waals surface area contributed by atoms with E-state index in [1.807, 2.05) is 14.1 Å². The van der Waals surface area contributed by atoms with Gasteiger partial charge in [-0.25, -0.2) is 4.79 Å². The molecule has 0 fully saturated rings. The highest BCUT2D eigenvalue weighted by Crippen LogP contribution is 2.38. The zero-order valence-electron chi connectivity index (χ0n) is 17.7. The van der Waals surface area contributed by atoms with E-state index < -0.39 is 5.97 Å². The lowest BCUT2D eigenvalue weighted by atomic mass is 9.83. The number of hydrogen-bond acceptors (Lipinski definition) is 6. The van der Waals surface area contributed by atoms with Crippen LogP contribution >= 0.6 is 0 Å². The molecule has 0 N–H and O–H groups in total. The number of methoxy groups -OCH3 is 3. The largest absolute Gasteiger partial charge is 0.493 e. The Balaban J connectivity index is 2.28. The fraction of sp³-hybridized carbons (Fsp3) is 0.500. The molecule has 0 spiro atoms. The van der Waals surface area contributed by atoms with E-state index in [0.717, 1.165) is 19.3 Å². The molecule has 0 aromatic heterocycles. The van der Waals surface area contributed by atoms with Crippen molar-refractivity contribution in [1.82, 2.24) is 4.90 Å². The van der Waals surface area contributed by atoms with Crippen LogP contribution in [0.2, 0.25) is 0 Å². The number of esters is 1. The van der Waals surface area contributed by atoms with E-state index in [-0.39, 0.29) is 12.1 Å². The number of likely N-dealkylation sites (N-methyl/N-ethyl adjacent to an activating group) is 1. The van der Waals surface area contributed by atoms with E-state index in [0.29, 0.717) is 22.8 Å². The summed E-state index contributed by atoms with van der Waals surface area (Å²) in [4.78, 5) is 14.9. The van der Waals surface area contributed by atoms with Gasteiger partial charge in [0.1, 0.15) is 6.61 Å². The summed E-state index contributed by atoms with van der Waals surface area (Å²) < 4.78 is 21.7. The molecule has 0 amide bonds. The summed E-state index contributed by atoms with van der Waals surface area (Å²) in [7, 11) is 8.58. The lowest BCUT2D eigenvalue weighted by Crippen LogP contribution is -2.49. The van der Waals surface area contributed by atoms with Crippen LogP contribution in [0.15, 0.2) is 35.9 Å². The maximum atomic E-state index is 12.8. The standard InChI is InChI=1S/C22H31NO5/c1-7-22(23(2)3,17-11-9-8-10-12-17)15-28-21(24)16-13-18(25-4)20(27-6)19(14-16)26-5/h9,11-14H,7-8,10,15H2,1-6H3. The monoisotopic (exact) mass is 389 g/mol. The Morgan fingerprint density at radius 3 is 2.14 bits per heavy atom. The molecule has 0 radical (unpaired) electrons. The predicted molar refractivity (Wildman–Crippen MR) is 110 cm³/mol. The zero-order chi connectivity index (χ0) is 20.7. The molecule has 1 aliphatic carbocycles. The fourth-order valence-electron chi connectivity index (χ4n) is 3.52. The maximum Gasteiger partial charge on any atom is 0.338 e. The summed E-state index contributed by atoms with van der Waals surface area (Å²) in [6.07, 6.45) is 9.41. The number of allylic oxidation sites excluding steroid dienone is 2. The maximum absolute atomic E-state index is 12.8. The summed E-state index contributed by atoms with van der Waals surface area (Å²) in [6, 6.07) is 3.21. The summed E-state index contributed by atoms with van der Waals surface area (Å²) in [5.41, 5.74) is 1.17. The van der Waals surface area contributed by atoms with Crippen molar-refractivity contribution >= 4 is 5.97 Å². The van der Waals surface area contributed by atoms with Crippen LogP contribution in [0.25, 0.3) is 0 Å². The molecule has 1 atom stereocenters. The lowest BCUT2D eigenvalue weighted by Gasteiger charge is -2.40. The SMILES string of the molecule is CCC(COC(=O)c1cc(OC)c(OC)c(OC)c1)(C1=CCCC=C1)N(C)C. The van der Waals surface area contributed by atoms with Crippen molar-refractivity contribution in [3.8, 4) is 17.2 Å². The molecular weight excluding hydrogens is 358 g/mol. The highest BCUT2D eigenvalue weighted by Gasteiger charge is 2.36. The van der Waals surface area contributed by atoms with Gasteiger partial charge in [0.25, 0.3) is 0 Å². The molecule has 1 unspecified atom stereocenters. The first-order valence-corrected chi connectivity index (χ1v) is 9.45. The zero-order valence-corrected chi connectivity index (χ0v) is 17.7. The molecule has 0 saturated carbocycles. The number of rotatable bonds is 9. The van der Waals surface area contributed by atoms with E-state index in [4.69, 9.17) is 18.9 Å². The van der Waals surface area contributed by atoms with Crippen LogP contribution in [-0.4, -0.2) is 58.4 Å². The molecule has 1 aromatic carbocycles. The van der Waals surface area contributed by atoms with Gasteiger partial charge in [0, 0.05) is 0 Å². The van der Waals surface area contributed by atoms with Crippen LogP contribution in [-0.2, 0) is 4.74 Å². The van der Waals surface area contributed by atoms with Crippen molar-refractivity contribution in [3.63, 3.8) is 0 Å². The van der Waals surface area contributed by atoms with Gasteiger partial charge in [0.05, 0.1) is 32.4 Å². The number of carbonyl (C=O) groups is 1. The summed E-state index contributed by atoms with van der Waals surface area (Å²) in [6.45, 7) is 2.36. The van der Waals surface area contributed by atoms with Crippen LogP contribution in [0.3, 0.4) is 0 Å². The van der Waals surface area contributed by atoms with Gasteiger partial charge in [-0.3, -0.25) is 4.90 Å². The Hall–Kier alpha value is -2.47. The molecule has 1 aromatic rings. The summed E-state index contributed by atoms with van der Waals surface area (Å²) in [5.74, 6) is 0.844. The van der Waals surface area contributed by atoms with Gasteiger partial charge in [-0.05, 0) is 51.1 Å². The Morgan fingerprint density at radius 2 is 1.71 bits per heavy atom. The second-order valence-corrected chi connectivity index (χ2v) is 6.91. The van der Waals surface area contributed by atoms with Gasteiger partial charge in [0.2, 0.25) is 5.75 Å². The molecule has 28 heavy (non-hydrogen) atoms. The van der Waals surface area contributed by atoms with E-state index in [9.17, 15) is 4.79 Å². The van der Waals surface area contributed by atoms with Gasteiger partial charge < -0.3 is 18.9 Å². The number of hydrogen-bond donors (Lipinski definition) is 0. The Labute approximate surface area is 167 Å². The van der Waals surface area contributed by atoms with Crippen LogP contribution in [0.5, 0.6) is 17.2 Å². The van der Waals surface area contributed by atoms with E-state index >= 15 is 0 Å². The summed E-state index contributed by atoms with van der Waals surface area (Å²) >= 11 is 0. The first kappa shape index (κ1) is 21.8. The Bertz CT molecular complexity index is 728. The minimum atomic E-state index is -0.431. The molecular formula is C22H31NO5. The van der Waals surface area contributed by atoms with E-state index in [1.165, 1.54) is 26.9 Å². The fourth-order valence-corrected chi connectivity index (χ4v) is 3.52. The average Bonchev–Trinajstić information content (AvgIpc) is 2.73. The van der Waals surface area contributed by atoms with Crippen molar-refractivity contribution in [3.05, 3.63) is 41.5 Å². The minimum Gasteiger partial charge on any atom is -0.493 e. The lowest BCUT2D eigenvalue weighted by molar-refractivity contribution is 0.0250. The molecule has 6 heteroatoms. The smallest absolute Gasteiger partial charge is 0.338 e. The van der Waals surface area contributed by atoms with Crippen LogP contribution in [0.1, 0.15) is 36.5 Å². The first-order valence-electron chi connectivity index (χ1n) is 9.45. The number of carbonyl (C=O) groups excluding carboxylic acids is 1. The van der Waals surface area contributed by atoms with Gasteiger partial charge in [0.15, 0.2) is 11.5 Å². The molecule has 0 heterocycles. The Morgan fingerprint density at radius 1 is 1.07 bits per heavy atom. The molecule has 2 rings (SSSR count). The molecule has 0 aliphatic heterocycles. The second-order valence-electron chi connectivity index (χ2n) is 6.91. The van der Waals surface area contributed by atoms with Gasteiger partial charge >= 0.3 is 5.97 Å². The number of ether oxygens (including phenoxy) is 4. The Kier molecular flexibility index (Phi) is 7.52. The van der Waals surface area contributed by atoms with Crippen molar-refractivity contribution in [2.75, 3.05) is 42.0 Å². The highest BCUT2D eigenvalue weighted by molar-refractivity contribution is 5.91.